The minimum Gasteiger partial charge on any atom is -0.393 e. The minimum atomic E-state index is -0.876. The quantitative estimate of drug-likeness (QED) is 0.707. The van der Waals surface area contributed by atoms with Gasteiger partial charge >= 0.3 is 0 Å². The zero-order valence-electron chi connectivity index (χ0n) is 11.2. The van der Waals surface area contributed by atoms with Gasteiger partial charge in [0.25, 0.3) is 0 Å². The number of hydrogen-bond donors (Lipinski definition) is 2. The molecule has 2 N–H and O–H groups in total. The van der Waals surface area contributed by atoms with Crippen LogP contribution in [-0.4, -0.2) is 21.9 Å². The molecule has 2 nitrogen and oxygen atoms in total. The van der Waals surface area contributed by atoms with Gasteiger partial charge in [-0.3, -0.25) is 0 Å². The van der Waals surface area contributed by atoms with Crippen molar-refractivity contribution in [3.8, 4) is 11.8 Å². The second-order valence-electron chi connectivity index (χ2n) is 5.57. The van der Waals surface area contributed by atoms with Crippen molar-refractivity contribution in [1.82, 2.24) is 0 Å². The van der Waals surface area contributed by atoms with Crippen LogP contribution in [0, 0.1) is 23.7 Å². The van der Waals surface area contributed by atoms with Crippen molar-refractivity contribution >= 4 is 0 Å². The summed E-state index contributed by atoms with van der Waals surface area (Å²) in [4.78, 5) is 0. The van der Waals surface area contributed by atoms with Crippen LogP contribution in [0.25, 0.3) is 0 Å². The summed E-state index contributed by atoms with van der Waals surface area (Å²) in [5, 5.41) is 19.2. The fourth-order valence-corrected chi connectivity index (χ4v) is 1.93. The first-order valence-electron chi connectivity index (χ1n) is 6.13. The predicted octanol–water partition coefficient (Wildman–Crippen LogP) is 2.58. The van der Waals surface area contributed by atoms with Crippen molar-refractivity contribution in [3.63, 3.8) is 0 Å². The number of aliphatic hydroxyl groups excluding tert-OH is 1. The zero-order valence-corrected chi connectivity index (χ0v) is 11.2. The molecular formula is C14H26O2. The fourth-order valence-electron chi connectivity index (χ4n) is 1.93. The molecule has 16 heavy (non-hydrogen) atoms. The zero-order chi connectivity index (χ0) is 12.8. The molecule has 0 aliphatic rings. The van der Waals surface area contributed by atoms with Gasteiger partial charge in [0.05, 0.1) is 6.10 Å². The van der Waals surface area contributed by atoms with E-state index in [9.17, 15) is 10.2 Å². The fraction of sp³-hybridized carbons (Fsp3) is 0.857. The molecule has 0 radical (unpaired) electrons. The van der Waals surface area contributed by atoms with E-state index in [0.29, 0.717) is 18.3 Å². The molecule has 0 aliphatic heterocycles. The lowest BCUT2D eigenvalue weighted by Gasteiger charge is -2.18. The van der Waals surface area contributed by atoms with Gasteiger partial charge in [-0.25, -0.2) is 0 Å². The molecule has 0 bridgehead atoms. The molecule has 0 amide bonds. The third-order valence-electron chi connectivity index (χ3n) is 2.36. The van der Waals surface area contributed by atoms with Gasteiger partial charge in [0, 0.05) is 6.42 Å². The summed E-state index contributed by atoms with van der Waals surface area (Å²) in [7, 11) is 0. The van der Waals surface area contributed by atoms with Crippen molar-refractivity contribution in [3.05, 3.63) is 0 Å². The van der Waals surface area contributed by atoms with Crippen molar-refractivity contribution in [1.29, 1.82) is 0 Å². The number of aliphatic hydroxyl groups is 2. The molecule has 0 heterocycles. The highest BCUT2D eigenvalue weighted by Crippen LogP contribution is 2.15. The Hall–Kier alpha value is -0.520. The summed E-state index contributed by atoms with van der Waals surface area (Å²) in [5.74, 6) is 6.76. The Balaban J connectivity index is 4.08. The first-order chi connectivity index (χ1) is 7.23. The SMILES string of the molecule is CC(C)CC(C)(O)C#CCC(C)CC(C)O. The van der Waals surface area contributed by atoms with Crippen molar-refractivity contribution in [2.45, 2.75) is 65.6 Å². The molecule has 0 rings (SSSR count). The maximum absolute atomic E-state index is 9.96. The summed E-state index contributed by atoms with van der Waals surface area (Å²) in [6, 6.07) is 0. The molecule has 3 atom stereocenters. The second kappa shape index (κ2) is 6.93. The van der Waals surface area contributed by atoms with Gasteiger partial charge in [-0.15, -0.1) is 5.92 Å². The maximum atomic E-state index is 9.96. The number of rotatable bonds is 5. The lowest BCUT2D eigenvalue weighted by Crippen LogP contribution is -2.23. The topological polar surface area (TPSA) is 40.5 Å². The molecule has 94 valence electrons. The third-order valence-corrected chi connectivity index (χ3v) is 2.36. The Morgan fingerprint density at radius 1 is 1.19 bits per heavy atom. The minimum absolute atomic E-state index is 0.270. The molecule has 0 aromatic carbocycles. The summed E-state index contributed by atoms with van der Waals surface area (Å²) < 4.78 is 0. The average molecular weight is 226 g/mol. The largest absolute Gasteiger partial charge is 0.393 e. The second-order valence-corrected chi connectivity index (χ2v) is 5.57. The van der Waals surface area contributed by atoms with E-state index in [4.69, 9.17) is 0 Å². The summed E-state index contributed by atoms with van der Waals surface area (Å²) >= 11 is 0. The van der Waals surface area contributed by atoms with Gasteiger partial charge in [-0.1, -0.05) is 26.7 Å². The monoisotopic (exact) mass is 226 g/mol. The molecule has 3 unspecified atom stereocenters. The Kier molecular flexibility index (Phi) is 6.71. The van der Waals surface area contributed by atoms with Crippen LogP contribution in [0.4, 0.5) is 0 Å². The van der Waals surface area contributed by atoms with Gasteiger partial charge in [0.2, 0.25) is 0 Å². The maximum Gasteiger partial charge on any atom is 0.122 e. The Labute approximate surface area is 100 Å². The predicted molar refractivity (Wildman–Crippen MR) is 67.9 cm³/mol. The first kappa shape index (κ1) is 15.5. The van der Waals surface area contributed by atoms with Gasteiger partial charge in [0.15, 0.2) is 0 Å². The smallest absolute Gasteiger partial charge is 0.122 e. The molecule has 0 saturated carbocycles. The van der Waals surface area contributed by atoms with E-state index in [1.807, 2.05) is 0 Å². The van der Waals surface area contributed by atoms with E-state index in [2.05, 4.69) is 32.6 Å². The van der Waals surface area contributed by atoms with Gasteiger partial charge in [0.1, 0.15) is 5.60 Å². The Morgan fingerprint density at radius 3 is 2.19 bits per heavy atom. The van der Waals surface area contributed by atoms with Gasteiger partial charge in [-0.05, 0) is 38.5 Å². The molecule has 0 saturated heterocycles. The molecule has 2 heteroatoms. The molecule has 0 aromatic rings. The summed E-state index contributed by atoms with van der Waals surface area (Å²) in [6.07, 6.45) is 1.93. The molecule has 0 aliphatic carbocycles. The van der Waals surface area contributed by atoms with Crippen LogP contribution < -0.4 is 0 Å². The van der Waals surface area contributed by atoms with Crippen LogP contribution in [0.2, 0.25) is 0 Å². The lowest BCUT2D eigenvalue weighted by atomic mass is 9.94. The highest BCUT2D eigenvalue weighted by Gasteiger charge is 2.18. The summed E-state index contributed by atoms with van der Waals surface area (Å²) in [6.45, 7) is 9.77. The van der Waals surface area contributed by atoms with E-state index in [1.165, 1.54) is 0 Å². The van der Waals surface area contributed by atoms with E-state index >= 15 is 0 Å². The highest BCUT2D eigenvalue weighted by atomic mass is 16.3. The first-order valence-corrected chi connectivity index (χ1v) is 6.13. The Morgan fingerprint density at radius 2 is 1.75 bits per heavy atom. The average Bonchev–Trinajstić information content (AvgIpc) is 1.98. The highest BCUT2D eigenvalue weighted by molar-refractivity contribution is 5.12. The normalized spacial score (nSPS) is 18.5. The van der Waals surface area contributed by atoms with Crippen LogP contribution in [0.15, 0.2) is 0 Å². The molecule has 0 spiro atoms. The summed E-state index contributed by atoms with van der Waals surface area (Å²) in [5.41, 5.74) is -0.876. The van der Waals surface area contributed by atoms with Crippen LogP contribution in [-0.2, 0) is 0 Å². The van der Waals surface area contributed by atoms with Crippen molar-refractivity contribution in [2.75, 3.05) is 0 Å². The van der Waals surface area contributed by atoms with Gasteiger partial charge < -0.3 is 10.2 Å². The Bertz CT molecular complexity index is 243. The van der Waals surface area contributed by atoms with Crippen LogP contribution >= 0.6 is 0 Å². The molecule has 0 fully saturated rings. The van der Waals surface area contributed by atoms with Gasteiger partial charge in [-0.2, -0.15) is 0 Å². The standard InChI is InChI=1S/C14H26O2/c1-11(2)10-14(5,16)8-6-7-12(3)9-13(4)15/h11-13,15-16H,7,9-10H2,1-5H3. The van der Waals surface area contributed by atoms with Crippen LogP contribution in [0.1, 0.15) is 53.9 Å². The van der Waals surface area contributed by atoms with E-state index in [0.717, 1.165) is 12.8 Å². The van der Waals surface area contributed by atoms with Crippen LogP contribution in [0.3, 0.4) is 0 Å². The number of hydrogen-bond acceptors (Lipinski definition) is 2. The van der Waals surface area contributed by atoms with Crippen molar-refractivity contribution in [2.24, 2.45) is 11.8 Å². The van der Waals surface area contributed by atoms with Crippen LogP contribution in [0.5, 0.6) is 0 Å². The molecule has 0 aromatic heterocycles. The van der Waals surface area contributed by atoms with Crippen molar-refractivity contribution < 1.29 is 10.2 Å². The third kappa shape index (κ3) is 8.76. The van der Waals surface area contributed by atoms with E-state index < -0.39 is 5.60 Å². The van der Waals surface area contributed by atoms with E-state index in [1.54, 1.807) is 13.8 Å². The molecular weight excluding hydrogens is 200 g/mol. The van der Waals surface area contributed by atoms with E-state index in [-0.39, 0.29) is 6.10 Å². The lowest BCUT2D eigenvalue weighted by molar-refractivity contribution is 0.0974.